The molecule has 45 heavy (non-hydrogen) atoms. The molecule has 0 spiro atoms. The Morgan fingerprint density at radius 3 is 2.62 bits per heavy atom. The number of aliphatic hydroxyl groups is 2. The van der Waals surface area contributed by atoms with Crippen molar-refractivity contribution in [2.24, 2.45) is 0 Å². The first-order valence-electron chi connectivity index (χ1n) is 14.4. The summed E-state index contributed by atoms with van der Waals surface area (Å²) in [6.45, 7) is -0.126. The maximum absolute atomic E-state index is 14.3. The number of hydrogen-bond acceptors (Lipinski definition) is 8. The summed E-state index contributed by atoms with van der Waals surface area (Å²) in [5.74, 6) is 0.0442. The Bertz CT molecular complexity index is 1770. The monoisotopic (exact) mass is 724 g/mol. The summed E-state index contributed by atoms with van der Waals surface area (Å²) in [6.07, 6.45) is -0.381. The van der Waals surface area contributed by atoms with Gasteiger partial charge < -0.3 is 34.3 Å². The first-order valence-corrected chi connectivity index (χ1v) is 15.5. The van der Waals surface area contributed by atoms with Gasteiger partial charge >= 0.3 is 5.63 Å². The predicted molar refractivity (Wildman–Crippen MR) is 176 cm³/mol. The normalized spacial score (nSPS) is 17.8. The molecular formula is C34H33IN2O8. The zero-order chi connectivity index (χ0) is 31.9. The van der Waals surface area contributed by atoms with Gasteiger partial charge in [-0.15, -0.1) is 0 Å². The summed E-state index contributed by atoms with van der Waals surface area (Å²) >= 11 is 2.12. The van der Waals surface area contributed by atoms with Gasteiger partial charge in [0.15, 0.2) is 0 Å². The van der Waals surface area contributed by atoms with Crippen LogP contribution >= 0.6 is 22.6 Å². The van der Waals surface area contributed by atoms with E-state index in [0.717, 1.165) is 9.13 Å². The molecule has 3 atom stereocenters. The van der Waals surface area contributed by atoms with Crippen molar-refractivity contribution < 1.29 is 33.7 Å². The van der Waals surface area contributed by atoms with Crippen molar-refractivity contribution in [2.75, 3.05) is 26.8 Å². The van der Waals surface area contributed by atoms with E-state index in [2.05, 4.69) is 27.9 Å². The molecule has 0 saturated heterocycles. The molecule has 3 aromatic carbocycles. The molecule has 0 saturated carbocycles. The van der Waals surface area contributed by atoms with Crippen LogP contribution in [0, 0.1) is 3.57 Å². The van der Waals surface area contributed by atoms with Gasteiger partial charge in [-0.05, 0) is 77.0 Å². The summed E-state index contributed by atoms with van der Waals surface area (Å²) in [5, 5.41) is 24.3. The number of nitrogens with one attached hydrogen (secondary N) is 1. The van der Waals surface area contributed by atoms with E-state index in [0.29, 0.717) is 28.9 Å². The van der Waals surface area contributed by atoms with Crippen molar-refractivity contribution >= 4 is 45.4 Å². The molecule has 10 nitrogen and oxygen atoms in total. The van der Waals surface area contributed by atoms with E-state index >= 15 is 0 Å². The van der Waals surface area contributed by atoms with Crippen molar-refractivity contribution in [3.63, 3.8) is 0 Å². The zero-order valence-electron chi connectivity index (χ0n) is 24.5. The highest BCUT2D eigenvalue weighted by Crippen LogP contribution is 2.31. The van der Waals surface area contributed by atoms with Gasteiger partial charge in [0.05, 0.1) is 23.3 Å². The van der Waals surface area contributed by atoms with Gasteiger partial charge in [0, 0.05) is 30.5 Å². The van der Waals surface area contributed by atoms with Crippen LogP contribution in [0.5, 0.6) is 11.5 Å². The Balaban J connectivity index is 1.55. The molecule has 3 N–H and O–H groups in total. The van der Waals surface area contributed by atoms with Gasteiger partial charge in [-0.2, -0.15) is 0 Å². The molecule has 11 heteroatoms. The van der Waals surface area contributed by atoms with Crippen LogP contribution in [0.3, 0.4) is 0 Å². The molecule has 0 aliphatic heterocycles. The Morgan fingerprint density at radius 1 is 1.07 bits per heavy atom. The number of methoxy groups -OCH3 is 1. The van der Waals surface area contributed by atoms with Crippen LogP contribution < -0.4 is 20.4 Å². The fourth-order valence-corrected chi connectivity index (χ4v) is 5.84. The average Bonchev–Trinajstić information content (AvgIpc) is 3.05. The lowest BCUT2D eigenvalue weighted by molar-refractivity contribution is -0.118. The summed E-state index contributed by atoms with van der Waals surface area (Å²) in [5.41, 5.74) is 0.489. The maximum Gasteiger partial charge on any atom is 0.349 e. The topological polar surface area (TPSA) is 139 Å². The van der Waals surface area contributed by atoms with Crippen LogP contribution in [-0.2, 0) is 11.2 Å². The molecule has 5 rings (SSSR count). The van der Waals surface area contributed by atoms with Crippen LogP contribution in [0.2, 0.25) is 0 Å². The third-order valence-electron chi connectivity index (χ3n) is 7.62. The number of benzene rings is 3. The summed E-state index contributed by atoms with van der Waals surface area (Å²) in [4.78, 5) is 42.0. The molecule has 0 bridgehead atoms. The van der Waals surface area contributed by atoms with E-state index in [1.165, 1.54) is 11.0 Å². The lowest BCUT2D eigenvalue weighted by Gasteiger charge is -2.40. The second-order valence-corrected chi connectivity index (χ2v) is 11.7. The van der Waals surface area contributed by atoms with Crippen molar-refractivity contribution in [2.45, 2.75) is 31.1 Å². The van der Waals surface area contributed by atoms with Crippen LogP contribution in [0.25, 0.3) is 11.0 Å². The number of halogens is 1. The Morgan fingerprint density at radius 2 is 1.84 bits per heavy atom. The van der Waals surface area contributed by atoms with Gasteiger partial charge in [0.1, 0.15) is 34.9 Å². The van der Waals surface area contributed by atoms with Crippen LogP contribution in [0.1, 0.15) is 22.3 Å². The highest BCUT2D eigenvalue weighted by atomic mass is 127. The molecule has 1 aromatic heterocycles. The third-order valence-corrected chi connectivity index (χ3v) is 8.51. The number of para-hydroxylation sites is 2. The summed E-state index contributed by atoms with van der Waals surface area (Å²) < 4.78 is 17.9. The van der Waals surface area contributed by atoms with E-state index in [1.54, 1.807) is 49.6 Å². The number of ether oxygens (including phenoxy) is 2. The van der Waals surface area contributed by atoms with Crippen molar-refractivity contribution in [1.82, 2.24) is 10.2 Å². The predicted octanol–water partition coefficient (Wildman–Crippen LogP) is 3.71. The average molecular weight is 725 g/mol. The van der Waals surface area contributed by atoms with Crippen LogP contribution in [0.4, 0.5) is 0 Å². The Kier molecular flexibility index (Phi) is 10.5. The number of nitrogens with zero attached hydrogens (tertiary/aromatic N) is 1. The third kappa shape index (κ3) is 7.55. The minimum atomic E-state index is -1.27. The van der Waals surface area contributed by atoms with E-state index < -0.39 is 35.7 Å². The number of amides is 2. The molecule has 0 fully saturated rings. The zero-order valence-corrected chi connectivity index (χ0v) is 26.7. The molecule has 4 aromatic rings. The highest BCUT2D eigenvalue weighted by molar-refractivity contribution is 14.1. The molecule has 1 aliphatic rings. The smallest absolute Gasteiger partial charge is 0.349 e. The summed E-state index contributed by atoms with van der Waals surface area (Å²) in [7, 11) is 1.57. The van der Waals surface area contributed by atoms with Crippen molar-refractivity contribution in [1.29, 1.82) is 0 Å². The second-order valence-electron chi connectivity index (χ2n) is 10.5. The fourth-order valence-electron chi connectivity index (χ4n) is 5.33. The SMILES string of the molecule is COc1cccc(CCN(C(=O)c2cc3ccccc3oc2=O)C2CC(C(=O)NCCO)=CC(Oc3ccccc3I)C2O)c1. The van der Waals surface area contributed by atoms with Gasteiger partial charge in [-0.3, -0.25) is 9.59 Å². The number of rotatable bonds is 11. The van der Waals surface area contributed by atoms with Crippen molar-refractivity contribution in [3.8, 4) is 11.5 Å². The molecule has 0 radical (unpaired) electrons. The van der Waals surface area contributed by atoms with Gasteiger partial charge in [-0.1, -0.05) is 42.5 Å². The standard InChI is InChI=1S/C34H33IN2O8/c1-43-24-9-6-7-21(17-24)13-15-37(33(41)25-18-22-8-2-4-11-28(22)45-34(25)42)27-19-23(32(40)36-14-16-38)20-30(31(27)39)44-29-12-5-3-10-26(29)35/h2-12,17-18,20,27,30-31,38-39H,13-16,19H2,1H3,(H,36,40). The summed E-state index contributed by atoms with van der Waals surface area (Å²) in [6, 6.07) is 22.1. The lowest BCUT2D eigenvalue weighted by atomic mass is 9.87. The molecule has 234 valence electrons. The number of carbonyl (C=O) groups is 2. The van der Waals surface area contributed by atoms with Gasteiger partial charge in [0.2, 0.25) is 5.91 Å². The first-order chi connectivity index (χ1) is 21.8. The quantitative estimate of drug-likeness (QED) is 0.157. The molecule has 1 heterocycles. The van der Waals surface area contributed by atoms with Crippen LogP contribution in [-0.4, -0.2) is 72.0 Å². The lowest BCUT2D eigenvalue weighted by Crippen LogP contribution is -2.56. The van der Waals surface area contributed by atoms with E-state index in [4.69, 9.17) is 13.9 Å². The number of hydrogen-bond donors (Lipinski definition) is 3. The number of carbonyl (C=O) groups excluding carboxylic acids is 2. The Labute approximate surface area is 273 Å². The van der Waals surface area contributed by atoms with E-state index in [-0.39, 0.29) is 37.3 Å². The van der Waals surface area contributed by atoms with Gasteiger partial charge in [0.25, 0.3) is 5.91 Å². The molecule has 3 unspecified atom stereocenters. The largest absolute Gasteiger partial charge is 0.497 e. The fraction of sp³-hybridized carbons (Fsp3) is 0.265. The molecular weight excluding hydrogens is 691 g/mol. The molecule has 1 aliphatic carbocycles. The number of aliphatic hydroxyl groups excluding tert-OH is 2. The van der Waals surface area contributed by atoms with E-state index in [1.807, 2.05) is 36.4 Å². The maximum atomic E-state index is 14.3. The minimum Gasteiger partial charge on any atom is -0.497 e. The van der Waals surface area contributed by atoms with Crippen molar-refractivity contribution in [3.05, 3.63) is 116 Å². The van der Waals surface area contributed by atoms with Gasteiger partial charge in [-0.25, -0.2) is 4.79 Å². The minimum absolute atomic E-state index is 0.0209. The second kappa shape index (κ2) is 14.7. The Hall–Kier alpha value is -4.20. The number of fused-ring (bicyclic) bond motifs is 1. The molecule has 2 amide bonds. The first kappa shape index (κ1) is 32.2. The van der Waals surface area contributed by atoms with Crippen LogP contribution in [0.15, 0.2) is 99.7 Å². The van der Waals surface area contributed by atoms with E-state index in [9.17, 15) is 24.6 Å². The highest BCUT2D eigenvalue weighted by Gasteiger charge is 2.41.